The third-order valence-electron chi connectivity index (χ3n) is 7.29. The largest absolute Gasteiger partial charge is 0.198 e. The van der Waals surface area contributed by atoms with Crippen molar-refractivity contribution in [2.24, 2.45) is 23.2 Å². The molecule has 0 spiro atoms. The summed E-state index contributed by atoms with van der Waals surface area (Å²) in [5.74, 6) is 2.94. The van der Waals surface area contributed by atoms with Crippen molar-refractivity contribution in [1.29, 1.82) is 5.26 Å². The Hall–Kier alpha value is -0.770. The first-order chi connectivity index (χ1) is 12.2. The molecular formula is C24H41N. The normalized spacial score (nSPS) is 32.9. The number of hydrogen-bond acceptors (Lipinski definition) is 1. The van der Waals surface area contributed by atoms with Crippen LogP contribution >= 0.6 is 0 Å². The Labute approximate surface area is 157 Å². The zero-order valence-corrected chi connectivity index (χ0v) is 16.8. The maximum absolute atomic E-state index is 9.61. The average molecular weight is 344 g/mol. The Morgan fingerprint density at radius 3 is 2.00 bits per heavy atom. The van der Waals surface area contributed by atoms with E-state index in [9.17, 15) is 5.26 Å². The first kappa shape index (κ1) is 20.5. The van der Waals surface area contributed by atoms with E-state index < -0.39 is 0 Å². The summed E-state index contributed by atoms with van der Waals surface area (Å²) >= 11 is 0. The summed E-state index contributed by atoms with van der Waals surface area (Å²) in [5.41, 5.74) is -0.0265. The highest BCUT2D eigenvalue weighted by Gasteiger charge is 2.34. The van der Waals surface area contributed by atoms with E-state index in [-0.39, 0.29) is 5.41 Å². The van der Waals surface area contributed by atoms with Crippen molar-refractivity contribution in [2.45, 2.75) is 110 Å². The molecule has 2 aliphatic rings. The molecule has 1 nitrogen and oxygen atoms in total. The van der Waals surface area contributed by atoms with Gasteiger partial charge >= 0.3 is 0 Å². The average Bonchev–Trinajstić information content (AvgIpc) is 2.67. The third kappa shape index (κ3) is 6.80. The Morgan fingerprint density at radius 2 is 1.48 bits per heavy atom. The molecule has 0 N–H and O–H groups in total. The van der Waals surface area contributed by atoms with Crippen LogP contribution in [0.2, 0.25) is 0 Å². The molecule has 1 heteroatoms. The van der Waals surface area contributed by atoms with Gasteiger partial charge in [-0.15, -0.1) is 6.58 Å². The van der Waals surface area contributed by atoms with Gasteiger partial charge in [0, 0.05) is 0 Å². The zero-order chi connectivity index (χ0) is 18.0. The van der Waals surface area contributed by atoms with E-state index in [1.54, 1.807) is 0 Å². The van der Waals surface area contributed by atoms with Gasteiger partial charge in [0.25, 0.3) is 0 Å². The lowest BCUT2D eigenvalue weighted by Gasteiger charge is -2.36. The van der Waals surface area contributed by atoms with E-state index in [0.29, 0.717) is 0 Å². The molecule has 142 valence electrons. The summed E-state index contributed by atoms with van der Waals surface area (Å²) in [7, 11) is 0. The molecule has 0 unspecified atom stereocenters. The van der Waals surface area contributed by atoms with Crippen molar-refractivity contribution in [3.05, 3.63) is 12.7 Å². The maximum atomic E-state index is 9.61. The maximum Gasteiger partial charge on any atom is 0.0689 e. The predicted octanol–water partition coefficient (Wildman–Crippen LogP) is 7.82. The van der Waals surface area contributed by atoms with Gasteiger partial charge in [-0.3, -0.25) is 0 Å². The van der Waals surface area contributed by atoms with Crippen LogP contribution in [0.15, 0.2) is 12.7 Å². The predicted molar refractivity (Wildman–Crippen MR) is 108 cm³/mol. The second-order valence-corrected chi connectivity index (χ2v) is 9.12. The van der Waals surface area contributed by atoms with E-state index >= 15 is 0 Å². The van der Waals surface area contributed by atoms with Gasteiger partial charge in [0.2, 0.25) is 0 Å². The van der Waals surface area contributed by atoms with E-state index in [4.69, 9.17) is 0 Å². The summed E-state index contributed by atoms with van der Waals surface area (Å²) in [5, 5.41) is 9.61. The van der Waals surface area contributed by atoms with Crippen LogP contribution in [-0.2, 0) is 0 Å². The molecule has 0 radical (unpaired) electrons. The molecule has 25 heavy (non-hydrogen) atoms. The fraction of sp³-hybridized carbons (Fsp3) is 0.875. The van der Waals surface area contributed by atoms with Crippen LogP contribution in [0, 0.1) is 34.5 Å². The minimum atomic E-state index is -0.0265. The fourth-order valence-corrected chi connectivity index (χ4v) is 5.28. The molecule has 2 rings (SSSR count). The second kappa shape index (κ2) is 11.1. The van der Waals surface area contributed by atoms with Crippen LogP contribution in [0.4, 0.5) is 0 Å². The lowest BCUT2D eigenvalue weighted by molar-refractivity contribution is 0.174. The summed E-state index contributed by atoms with van der Waals surface area (Å²) in [6, 6.07) is 2.66. The van der Waals surface area contributed by atoms with Gasteiger partial charge in [0.05, 0.1) is 11.5 Å². The molecule has 0 heterocycles. The molecule has 2 fully saturated rings. The highest BCUT2D eigenvalue weighted by Crippen LogP contribution is 2.44. The van der Waals surface area contributed by atoms with Crippen LogP contribution < -0.4 is 0 Å². The lowest BCUT2D eigenvalue weighted by atomic mass is 9.67. The van der Waals surface area contributed by atoms with Crippen LogP contribution in [-0.4, -0.2) is 0 Å². The number of nitrogens with zero attached hydrogens (tertiary/aromatic N) is 1. The van der Waals surface area contributed by atoms with Gasteiger partial charge < -0.3 is 0 Å². The molecule has 0 aromatic heterocycles. The lowest BCUT2D eigenvalue weighted by Crippen LogP contribution is -2.26. The van der Waals surface area contributed by atoms with Gasteiger partial charge in [-0.05, 0) is 56.3 Å². The van der Waals surface area contributed by atoms with Crippen molar-refractivity contribution in [3.8, 4) is 6.07 Å². The SMILES string of the molecule is C=CCC[C@]1(C#N)CC[C@H](CC[C@H]2CC[C@H](CCCCC)CC2)CC1. The number of allylic oxidation sites excluding steroid dienone is 1. The van der Waals surface area contributed by atoms with E-state index in [0.717, 1.165) is 43.4 Å². The summed E-state index contributed by atoms with van der Waals surface area (Å²) in [4.78, 5) is 0. The Bertz CT molecular complexity index is 402. The number of rotatable bonds is 10. The monoisotopic (exact) mass is 343 g/mol. The third-order valence-corrected chi connectivity index (χ3v) is 7.29. The Morgan fingerprint density at radius 1 is 0.920 bits per heavy atom. The first-order valence-corrected chi connectivity index (χ1v) is 11.2. The molecule has 0 aliphatic heterocycles. The van der Waals surface area contributed by atoms with Gasteiger partial charge in [-0.1, -0.05) is 77.2 Å². The van der Waals surface area contributed by atoms with Crippen molar-refractivity contribution < 1.29 is 0 Å². The van der Waals surface area contributed by atoms with Crippen LogP contribution in [0.3, 0.4) is 0 Å². The van der Waals surface area contributed by atoms with Crippen LogP contribution in [0.25, 0.3) is 0 Å². The summed E-state index contributed by atoms with van der Waals surface area (Å²) < 4.78 is 0. The van der Waals surface area contributed by atoms with E-state index in [1.165, 1.54) is 77.0 Å². The minimum absolute atomic E-state index is 0.0265. The Balaban J connectivity index is 1.60. The number of nitriles is 1. The molecule has 2 saturated carbocycles. The molecule has 0 aromatic carbocycles. The summed E-state index contributed by atoms with van der Waals surface area (Å²) in [6.45, 7) is 6.13. The van der Waals surface area contributed by atoms with E-state index in [1.807, 2.05) is 6.08 Å². The van der Waals surface area contributed by atoms with Gasteiger partial charge in [-0.2, -0.15) is 5.26 Å². The topological polar surface area (TPSA) is 23.8 Å². The Kier molecular flexibility index (Phi) is 9.08. The molecule has 0 saturated heterocycles. The molecule has 0 bridgehead atoms. The van der Waals surface area contributed by atoms with Gasteiger partial charge in [0.15, 0.2) is 0 Å². The molecule has 0 amide bonds. The highest BCUT2D eigenvalue weighted by molar-refractivity contribution is 5.02. The fourth-order valence-electron chi connectivity index (χ4n) is 5.28. The minimum Gasteiger partial charge on any atom is -0.198 e. The second-order valence-electron chi connectivity index (χ2n) is 9.12. The molecule has 2 aliphatic carbocycles. The van der Waals surface area contributed by atoms with Crippen LogP contribution in [0.1, 0.15) is 110 Å². The van der Waals surface area contributed by atoms with Crippen molar-refractivity contribution in [2.75, 3.05) is 0 Å². The summed E-state index contributed by atoms with van der Waals surface area (Å²) in [6.07, 6.45) is 23.4. The standard InChI is InChI=1S/C24H41N/c1-3-5-7-8-21-9-11-22(12-10-21)13-14-23-15-18-24(20-25,19-16-23)17-6-4-2/h4,21-23H,2-3,5-19H2,1H3/t21-,22-,23-,24-. The smallest absolute Gasteiger partial charge is 0.0689 e. The molecule has 0 aromatic rings. The first-order valence-electron chi connectivity index (χ1n) is 11.2. The van der Waals surface area contributed by atoms with Gasteiger partial charge in [0.1, 0.15) is 0 Å². The number of hydrogen-bond donors (Lipinski definition) is 0. The quantitative estimate of drug-likeness (QED) is 0.293. The molecule has 0 atom stereocenters. The van der Waals surface area contributed by atoms with Gasteiger partial charge in [-0.25, -0.2) is 0 Å². The number of unbranched alkanes of at least 4 members (excludes halogenated alkanes) is 2. The zero-order valence-electron chi connectivity index (χ0n) is 16.8. The van der Waals surface area contributed by atoms with Crippen molar-refractivity contribution in [3.63, 3.8) is 0 Å². The van der Waals surface area contributed by atoms with Crippen LogP contribution in [0.5, 0.6) is 0 Å². The van der Waals surface area contributed by atoms with E-state index in [2.05, 4.69) is 19.6 Å². The highest BCUT2D eigenvalue weighted by atomic mass is 14.4. The molecular weight excluding hydrogens is 302 g/mol. The van der Waals surface area contributed by atoms with Crippen molar-refractivity contribution >= 4 is 0 Å². The van der Waals surface area contributed by atoms with Crippen molar-refractivity contribution in [1.82, 2.24) is 0 Å².